The number of ether oxygens (including phenoxy) is 1. The van der Waals surface area contributed by atoms with E-state index in [9.17, 15) is 4.79 Å². The average Bonchev–Trinajstić information content (AvgIpc) is 3.34. The van der Waals surface area contributed by atoms with Crippen LogP contribution in [0.2, 0.25) is 0 Å². The number of aromatic nitrogens is 3. The lowest BCUT2D eigenvalue weighted by molar-refractivity contribution is 0.271. The van der Waals surface area contributed by atoms with Crippen molar-refractivity contribution in [2.45, 2.75) is 27.7 Å². The number of hydrogen-bond acceptors (Lipinski definition) is 6. The van der Waals surface area contributed by atoms with Crippen LogP contribution in [0.1, 0.15) is 33.3 Å². The van der Waals surface area contributed by atoms with Crippen LogP contribution in [-0.2, 0) is 0 Å². The molecule has 0 amide bonds. The van der Waals surface area contributed by atoms with Crippen molar-refractivity contribution < 1.29 is 4.74 Å². The summed E-state index contributed by atoms with van der Waals surface area (Å²) in [6, 6.07) is 15.9. The predicted molar refractivity (Wildman–Crippen MR) is 132 cm³/mol. The second kappa shape index (κ2) is 9.53. The second-order valence-corrected chi connectivity index (χ2v) is 9.05. The summed E-state index contributed by atoms with van der Waals surface area (Å²) < 4.78 is 7.74. The Balaban J connectivity index is 1.57. The van der Waals surface area contributed by atoms with Gasteiger partial charge in [-0.2, -0.15) is 9.50 Å². The van der Waals surface area contributed by atoms with Gasteiger partial charge in [-0.1, -0.05) is 37.3 Å². The van der Waals surface area contributed by atoms with E-state index in [0.29, 0.717) is 27.8 Å². The minimum atomic E-state index is -0.145. The molecule has 0 fully saturated rings. The molecule has 0 radical (unpaired) electrons. The fourth-order valence-electron chi connectivity index (χ4n) is 3.44. The summed E-state index contributed by atoms with van der Waals surface area (Å²) in [5, 5.41) is 4.44. The molecule has 32 heavy (non-hydrogen) atoms. The number of thiazole rings is 1. The van der Waals surface area contributed by atoms with Gasteiger partial charge < -0.3 is 9.64 Å². The van der Waals surface area contributed by atoms with E-state index in [2.05, 4.69) is 54.8 Å². The third kappa shape index (κ3) is 4.67. The van der Waals surface area contributed by atoms with Crippen LogP contribution in [0.25, 0.3) is 22.4 Å². The van der Waals surface area contributed by atoms with Gasteiger partial charge in [0.2, 0.25) is 4.96 Å². The molecule has 0 atom stereocenters. The van der Waals surface area contributed by atoms with Gasteiger partial charge in [0, 0.05) is 24.3 Å². The Morgan fingerprint density at radius 3 is 2.34 bits per heavy atom. The van der Waals surface area contributed by atoms with E-state index >= 15 is 0 Å². The van der Waals surface area contributed by atoms with Gasteiger partial charge in [-0.15, -0.1) is 5.10 Å². The quantitative estimate of drug-likeness (QED) is 0.403. The molecule has 166 valence electrons. The Labute approximate surface area is 191 Å². The molecule has 0 saturated heterocycles. The van der Waals surface area contributed by atoms with Crippen LogP contribution in [-0.4, -0.2) is 34.3 Å². The van der Waals surface area contributed by atoms with Crippen LogP contribution in [0, 0.1) is 5.92 Å². The molecular formula is C25H28N4O2S. The number of hydrogen-bond donors (Lipinski definition) is 0. The van der Waals surface area contributed by atoms with E-state index in [1.54, 1.807) is 0 Å². The first-order chi connectivity index (χ1) is 15.5. The van der Waals surface area contributed by atoms with E-state index in [-0.39, 0.29) is 5.56 Å². The fraction of sp³-hybridized carbons (Fsp3) is 0.320. The van der Waals surface area contributed by atoms with Crippen molar-refractivity contribution in [2.75, 3.05) is 24.6 Å². The molecule has 0 saturated carbocycles. The smallest absolute Gasteiger partial charge is 0.291 e. The third-order valence-corrected chi connectivity index (χ3v) is 6.16. The van der Waals surface area contributed by atoms with Gasteiger partial charge in [0.15, 0.2) is 5.82 Å². The van der Waals surface area contributed by atoms with Crippen LogP contribution >= 0.6 is 11.3 Å². The highest BCUT2D eigenvalue weighted by Gasteiger charge is 2.12. The standard InChI is InChI=1S/C25H28N4O2S/c1-5-28(6-2)20-11-7-18(8-12-20)15-22-24(30)29-25(32-22)26-23(27-29)19-9-13-21(14-10-19)31-16-17(3)4/h7-15,17H,5-6,16H2,1-4H3/b22-15+. The minimum absolute atomic E-state index is 0.145. The molecule has 2 heterocycles. The molecular weight excluding hydrogens is 420 g/mol. The molecule has 7 heteroatoms. The molecule has 0 spiro atoms. The molecule has 6 nitrogen and oxygen atoms in total. The van der Waals surface area contributed by atoms with Crippen LogP contribution in [0.15, 0.2) is 53.3 Å². The number of nitrogens with zero attached hydrogens (tertiary/aromatic N) is 4. The lowest BCUT2D eigenvalue weighted by Crippen LogP contribution is -2.23. The van der Waals surface area contributed by atoms with Gasteiger partial charge >= 0.3 is 0 Å². The maximum atomic E-state index is 12.9. The van der Waals surface area contributed by atoms with E-state index in [1.165, 1.54) is 21.5 Å². The first-order valence-electron chi connectivity index (χ1n) is 11.0. The Hall–Kier alpha value is -3.19. The lowest BCUT2D eigenvalue weighted by Gasteiger charge is -2.20. The second-order valence-electron chi connectivity index (χ2n) is 8.04. The Kier molecular flexibility index (Phi) is 6.55. The highest BCUT2D eigenvalue weighted by Crippen LogP contribution is 2.21. The molecule has 4 aromatic rings. The lowest BCUT2D eigenvalue weighted by atomic mass is 10.2. The van der Waals surface area contributed by atoms with Gasteiger partial charge in [0.1, 0.15) is 5.75 Å². The van der Waals surface area contributed by atoms with Crippen LogP contribution in [0.5, 0.6) is 5.75 Å². The molecule has 4 rings (SSSR count). The highest BCUT2D eigenvalue weighted by molar-refractivity contribution is 7.15. The third-order valence-electron chi connectivity index (χ3n) is 5.20. The summed E-state index contributed by atoms with van der Waals surface area (Å²) in [5.41, 5.74) is 2.88. The van der Waals surface area contributed by atoms with Crippen molar-refractivity contribution >= 4 is 28.1 Å². The van der Waals surface area contributed by atoms with Gasteiger partial charge in [0.05, 0.1) is 11.1 Å². The van der Waals surface area contributed by atoms with E-state index in [1.807, 2.05) is 42.5 Å². The summed E-state index contributed by atoms with van der Waals surface area (Å²) in [7, 11) is 0. The van der Waals surface area contributed by atoms with Crippen LogP contribution in [0.3, 0.4) is 0 Å². The SMILES string of the molecule is CCN(CC)c1ccc(/C=c2/sc3nc(-c4ccc(OCC(C)C)cc4)nn3c2=O)cc1. The Bertz CT molecular complexity index is 1290. The zero-order valence-electron chi connectivity index (χ0n) is 18.9. The maximum absolute atomic E-state index is 12.9. The molecule has 0 N–H and O–H groups in total. The number of fused-ring (bicyclic) bond motifs is 1. The van der Waals surface area contributed by atoms with Crippen molar-refractivity contribution in [3.05, 3.63) is 69.0 Å². The van der Waals surface area contributed by atoms with Crippen LogP contribution in [0.4, 0.5) is 5.69 Å². The van der Waals surface area contributed by atoms with E-state index < -0.39 is 0 Å². The molecule has 2 aromatic carbocycles. The maximum Gasteiger partial charge on any atom is 0.291 e. The average molecular weight is 449 g/mol. The summed E-state index contributed by atoms with van der Waals surface area (Å²) in [4.78, 5) is 20.3. The van der Waals surface area contributed by atoms with E-state index in [4.69, 9.17) is 4.74 Å². The zero-order valence-corrected chi connectivity index (χ0v) is 19.7. The Morgan fingerprint density at radius 1 is 1.06 bits per heavy atom. The van der Waals surface area contributed by atoms with E-state index in [0.717, 1.165) is 30.0 Å². The minimum Gasteiger partial charge on any atom is -0.493 e. The van der Waals surface area contributed by atoms with Gasteiger partial charge in [-0.3, -0.25) is 4.79 Å². The van der Waals surface area contributed by atoms with Crippen molar-refractivity contribution in [2.24, 2.45) is 5.92 Å². The molecule has 0 unspecified atom stereocenters. The molecule has 0 bridgehead atoms. The first-order valence-corrected chi connectivity index (χ1v) is 11.8. The predicted octanol–water partition coefficient (Wildman–Crippen LogP) is 4.25. The first kappa shape index (κ1) is 22.0. The monoisotopic (exact) mass is 448 g/mol. The summed E-state index contributed by atoms with van der Waals surface area (Å²) in [6.07, 6.45) is 1.90. The summed E-state index contributed by atoms with van der Waals surface area (Å²) in [6.45, 7) is 11.1. The van der Waals surface area contributed by atoms with Gasteiger partial charge in [-0.25, -0.2) is 0 Å². The summed E-state index contributed by atoms with van der Waals surface area (Å²) in [5.74, 6) is 1.83. The largest absolute Gasteiger partial charge is 0.493 e. The molecule has 0 aliphatic heterocycles. The van der Waals surface area contributed by atoms with Gasteiger partial charge in [-0.05, 0) is 67.8 Å². The van der Waals surface area contributed by atoms with Crippen molar-refractivity contribution in [1.29, 1.82) is 0 Å². The zero-order chi connectivity index (χ0) is 22.7. The number of rotatable bonds is 8. The topological polar surface area (TPSA) is 59.7 Å². The molecule has 0 aliphatic carbocycles. The highest BCUT2D eigenvalue weighted by atomic mass is 32.1. The van der Waals surface area contributed by atoms with Crippen molar-refractivity contribution in [1.82, 2.24) is 14.6 Å². The fourth-order valence-corrected chi connectivity index (χ4v) is 4.35. The normalized spacial score (nSPS) is 12.1. The van der Waals surface area contributed by atoms with Gasteiger partial charge in [0.25, 0.3) is 5.56 Å². The number of anilines is 1. The summed E-state index contributed by atoms with van der Waals surface area (Å²) >= 11 is 1.35. The molecule has 0 aliphatic rings. The Morgan fingerprint density at radius 2 is 1.75 bits per heavy atom. The molecule has 2 aromatic heterocycles. The van der Waals surface area contributed by atoms with Crippen LogP contribution < -0.4 is 19.7 Å². The number of benzene rings is 2. The van der Waals surface area contributed by atoms with Crippen molar-refractivity contribution in [3.63, 3.8) is 0 Å². The van der Waals surface area contributed by atoms with Crippen molar-refractivity contribution in [3.8, 4) is 17.1 Å².